The number of oxazole rings is 1. The predicted molar refractivity (Wildman–Crippen MR) is 133 cm³/mol. The van der Waals surface area contributed by atoms with Gasteiger partial charge in [0.2, 0.25) is 0 Å². The van der Waals surface area contributed by atoms with E-state index in [0.29, 0.717) is 34.4 Å². The van der Waals surface area contributed by atoms with Crippen LogP contribution in [0.3, 0.4) is 0 Å². The highest BCUT2D eigenvalue weighted by Crippen LogP contribution is 2.39. The zero-order valence-electron chi connectivity index (χ0n) is 18.5. The first kappa shape index (κ1) is 20.9. The van der Waals surface area contributed by atoms with E-state index in [0.717, 1.165) is 46.3 Å². The summed E-state index contributed by atoms with van der Waals surface area (Å²) in [5.74, 6) is 0.444. The first-order valence-electron chi connectivity index (χ1n) is 11.2. The highest BCUT2D eigenvalue weighted by Gasteiger charge is 2.27. The van der Waals surface area contributed by atoms with Gasteiger partial charge in [0.25, 0.3) is 6.01 Å². The number of nitrogens with one attached hydrogen (secondary N) is 1. The van der Waals surface area contributed by atoms with Crippen LogP contribution in [0, 0.1) is 6.92 Å². The van der Waals surface area contributed by atoms with Crippen molar-refractivity contribution >= 4 is 51.3 Å². The molecule has 0 spiro atoms. The molecule has 3 heterocycles. The molecule has 2 atom stereocenters. The van der Waals surface area contributed by atoms with Gasteiger partial charge in [0.1, 0.15) is 23.3 Å². The molecule has 8 nitrogen and oxygen atoms in total. The zero-order chi connectivity index (χ0) is 23.4. The number of aliphatic hydroxyl groups is 1. The van der Waals surface area contributed by atoms with Crippen LogP contribution in [0.15, 0.2) is 53.3 Å². The summed E-state index contributed by atoms with van der Waals surface area (Å²) in [6.07, 6.45) is 5.71. The highest BCUT2D eigenvalue weighted by atomic mass is 35.5. The Morgan fingerprint density at radius 2 is 2.00 bits per heavy atom. The summed E-state index contributed by atoms with van der Waals surface area (Å²) < 4.78 is 8.01. The predicted octanol–water partition coefficient (Wildman–Crippen LogP) is 5.61. The Labute approximate surface area is 200 Å². The molecule has 0 amide bonds. The number of halogens is 1. The molecule has 0 bridgehead atoms. The van der Waals surface area contributed by atoms with Crippen molar-refractivity contribution in [2.75, 3.05) is 11.1 Å². The third-order valence-corrected chi connectivity index (χ3v) is 6.72. The summed E-state index contributed by atoms with van der Waals surface area (Å²) in [4.78, 5) is 13.2. The number of rotatable bonds is 4. The topological polar surface area (TPSA) is 115 Å². The standard InChI is InChI=1S/C25H23ClN6O2/c1-13-8-15(26)9-20-22(13)34-25(31-20)30-16-4-2-14(3-5-16)19-11-32(17-6-7-18(33)10-17)24-21(19)23(27)28-12-29-24/h2-5,8-9,11-12,17-18,33H,6-7,10H2,1H3,(H,30,31)(H2,27,28,29). The van der Waals surface area contributed by atoms with Crippen molar-refractivity contribution in [2.24, 2.45) is 0 Å². The number of anilines is 3. The third-order valence-electron chi connectivity index (χ3n) is 6.50. The number of aryl methyl sites for hydroxylation is 1. The van der Waals surface area contributed by atoms with Gasteiger partial charge in [-0.05, 0) is 61.6 Å². The van der Waals surface area contributed by atoms with E-state index in [9.17, 15) is 5.11 Å². The molecule has 0 aliphatic heterocycles. The van der Waals surface area contributed by atoms with E-state index in [1.807, 2.05) is 37.3 Å². The van der Waals surface area contributed by atoms with Crippen LogP contribution in [-0.2, 0) is 0 Å². The van der Waals surface area contributed by atoms with E-state index in [1.54, 1.807) is 6.07 Å². The molecular weight excluding hydrogens is 452 g/mol. The lowest BCUT2D eigenvalue weighted by Crippen LogP contribution is -2.07. The smallest absolute Gasteiger partial charge is 0.300 e. The molecule has 34 heavy (non-hydrogen) atoms. The first-order valence-corrected chi connectivity index (χ1v) is 11.6. The SMILES string of the molecule is Cc1cc(Cl)cc2nc(Nc3ccc(-c4cn(C5CCC(O)C5)c5ncnc(N)c45)cc3)oc12. The van der Waals surface area contributed by atoms with Gasteiger partial charge >= 0.3 is 0 Å². The fraction of sp³-hybridized carbons (Fsp3) is 0.240. The van der Waals surface area contributed by atoms with Gasteiger partial charge in [-0.1, -0.05) is 23.7 Å². The van der Waals surface area contributed by atoms with Gasteiger partial charge in [-0.3, -0.25) is 0 Å². The lowest BCUT2D eigenvalue weighted by Gasteiger charge is -2.12. The minimum Gasteiger partial charge on any atom is -0.423 e. The molecule has 1 saturated carbocycles. The van der Waals surface area contributed by atoms with Crippen LogP contribution in [0.4, 0.5) is 17.5 Å². The number of hydrogen-bond acceptors (Lipinski definition) is 7. The molecule has 9 heteroatoms. The molecule has 0 saturated heterocycles. The van der Waals surface area contributed by atoms with E-state index in [-0.39, 0.29) is 12.1 Å². The third kappa shape index (κ3) is 3.55. The van der Waals surface area contributed by atoms with Gasteiger partial charge in [-0.15, -0.1) is 0 Å². The average molecular weight is 475 g/mol. The molecule has 172 valence electrons. The molecule has 3 aromatic heterocycles. The van der Waals surface area contributed by atoms with Crippen molar-refractivity contribution < 1.29 is 9.52 Å². The average Bonchev–Trinajstić information content (AvgIpc) is 3.51. The van der Waals surface area contributed by atoms with E-state index >= 15 is 0 Å². The molecule has 4 N–H and O–H groups in total. The summed E-state index contributed by atoms with van der Waals surface area (Å²) in [6.45, 7) is 1.94. The van der Waals surface area contributed by atoms with Crippen molar-refractivity contribution in [2.45, 2.75) is 38.3 Å². The molecule has 0 radical (unpaired) electrons. The molecule has 2 aromatic carbocycles. The zero-order valence-corrected chi connectivity index (χ0v) is 19.3. The van der Waals surface area contributed by atoms with Crippen molar-refractivity contribution in [1.29, 1.82) is 0 Å². The highest BCUT2D eigenvalue weighted by molar-refractivity contribution is 6.31. The Hall–Kier alpha value is -3.62. The monoisotopic (exact) mass is 474 g/mol. The Kier molecular flexibility index (Phi) is 4.93. The van der Waals surface area contributed by atoms with Gasteiger partial charge < -0.3 is 25.1 Å². The number of nitrogens with zero attached hydrogens (tertiary/aromatic N) is 4. The lowest BCUT2D eigenvalue weighted by atomic mass is 10.1. The number of benzene rings is 2. The van der Waals surface area contributed by atoms with E-state index in [1.165, 1.54) is 6.33 Å². The number of nitrogens with two attached hydrogens (primary N) is 1. The molecule has 5 aromatic rings. The minimum absolute atomic E-state index is 0.192. The molecule has 1 aliphatic rings. The lowest BCUT2D eigenvalue weighted by molar-refractivity contribution is 0.178. The Morgan fingerprint density at radius 3 is 2.76 bits per heavy atom. The van der Waals surface area contributed by atoms with Crippen molar-refractivity contribution in [3.63, 3.8) is 0 Å². The van der Waals surface area contributed by atoms with Crippen LogP contribution in [0.5, 0.6) is 0 Å². The van der Waals surface area contributed by atoms with Crippen molar-refractivity contribution in [3.8, 4) is 11.1 Å². The van der Waals surface area contributed by atoms with E-state index in [2.05, 4.69) is 31.0 Å². The maximum atomic E-state index is 10.0. The first-order chi connectivity index (χ1) is 16.5. The molecular formula is C25H23ClN6O2. The molecule has 2 unspecified atom stereocenters. The number of hydrogen-bond donors (Lipinski definition) is 3. The number of nitrogen functional groups attached to an aromatic ring is 1. The number of aliphatic hydroxyl groups excluding tert-OH is 1. The molecule has 1 fully saturated rings. The van der Waals surface area contributed by atoms with Crippen LogP contribution < -0.4 is 11.1 Å². The van der Waals surface area contributed by atoms with Crippen LogP contribution >= 0.6 is 11.6 Å². The summed E-state index contributed by atoms with van der Waals surface area (Å²) in [6, 6.07) is 12.2. The van der Waals surface area contributed by atoms with E-state index < -0.39 is 0 Å². The Morgan fingerprint density at radius 1 is 1.18 bits per heavy atom. The summed E-state index contributed by atoms with van der Waals surface area (Å²) in [7, 11) is 0. The van der Waals surface area contributed by atoms with E-state index in [4.69, 9.17) is 21.8 Å². The van der Waals surface area contributed by atoms with Crippen molar-refractivity contribution in [3.05, 3.63) is 59.5 Å². The quantitative estimate of drug-likeness (QED) is 0.310. The second kappa shape index (κ2) is 8.00. The van der Waals surface area contributed by atoms with Gasteiger partial charge in [0, 0.05) is 28.5 Å². The fourth-order valence-corrected chi connectivity index (χ4v) is 5.13. The maximum Gasteiger partial charge on any atom is 0.300 e. The maximum absolute atomic E-state index is 10.0. The molecule has 1 aliphatic carbocycles. The van der Waals surface area contributed by atoms with Gasteiger partial charge in [-0.2, -0.15) is 4.98 Å². The fourth-order valence-electron chi connectivity index (χ4n) is 4.86. The second-order valence-electron chi connectivity index (χ2n) is 8.82. The summed E-state index contributed by atoms with van der Waals surface area (Å²) >= 11 is 6.14. The summed E-state index contributed by atoms with van der Waals surface area (Å²) in [5, 5.41) is 14.7. The van der Waals surface area contributed by atoms with Crippen LogP contribution in [0.2, 0.25) is 5.02 Å². The normalized spacial score (nSPS) is 18.2. The van der Waals surface area contributed by atoms with Gasteiger partial charge in [-0.25, -0.2) is 9.97 Å². The Balaban J connectivity index is 1.34. The number of aromatic nitrogens is 4. The van der Waals surface area contributed by atoms with Crippen LogP contribution in [-0.4, -0.2) is 30.7 Å². The Bertz CT molecular complexity index is 1520. The summed E-state index contributed by atoms with van der Waals surface area (Å²) in [5.41, 5.74) is 12.2. The van der Waals surface area contributed by atoms with Gasteiger partial charge in [0.15, 0.2) is 5.58 Å². The van der Waals surface area contributed by atoms with Crippen molar-refractivity contribution in [1.82, 2.24) is 19.5 Å². The molecule has 6 rings (SSSR count). The second-order valence-corrected chi connectivity index (χ2v) is 9.26. The van der Waals surface area contributed by atoms with Crippen LogP contribution in [0.1, 0.15) is 30.9 Å². The van der Waals surface area contributed by atoms with Crippen LogP contribution in [0.25, 0.3) is 33.3 Å². The largest absolute Gasteiger partial charge is 0.423 e. The minimum atomic E-state index is -0.276. The van der Waals surface area contributed by atoms with Gasteiger partial charge in [0.05, 0.1) is 11.5 Å². The number of fused-ring (bicyclic) bond motifs is 2.